The van der Waals surface area contributed by atoms with Gasteiger partial charge in [-0.1, -0.05) is 25.5 Å². The molecule has 1 saturated carbocycles. The molecule has 1 saturated heterocycles. The molecule has 2 fully saturated rings. The van der Waals surface area contributed by atoms with E-state index >= 15 is 0 Å². The van der Waals surface area contributed by atoms with Crippen LogP contribution in [-0.4, -0.2) is 47.5 Å². The summed E-state index contributed by atoms with van der Waals surface area (Å²) in [5, 5.41) is 11.3. The average Bonchev–Trinajstić information content (AvgIpc) is 3.44. The van der Waals surface area contributed by atoms with Gasteiger partial charge in [-0.3, -0.25) is 5.10 Å². The maximum atomic E-state index is 14.9. The quantitative estimate of drug-likeness (QED) is 0.525. The van der Waals surface area contributed by atoms with Crippen LogP contribution in [0, 0.1) is 12.7 Å². The highest BCUT2D eigenvalue weighted by Crippen LogP contribution is 2.38. The molecule has 4 rings (SSSR count). The summed E-state index contributed by atoms with van der Waals surface area (Å²) in [5.74, 6) is 0.831. The average molecular weight is 450 g/mol. The maximum Gasteiger partial charge on any atom is 0.132 e. The lowest BCUT2D eigenvalue weighted by Gasteiger charge is -2.29. The molecule has 5 nitrogen and oxygen atoms in total. The van der Waals surface area contributed by atoms with E-state index < -0.39 is 0 Å². The molecule has 0 unspecified atom stereocenters. The van der Waals surface area contributed by atoms with Crippen molar-refractivity contribution in [2.75, 3.05) is 20.1 Å². The number of H-pyrrole nitrogens is 1. The van der Waals surface area contributed by atoms with E-state index in [0.717, 1.165) is 48.3 Å². The molecule has 2 aromatic rings. The standard InChI is InChI=1S/C27H36FN5/c1-18-9-10-23(24(28)17-18)27-25(26(31-32-27)21-12-15-33(4)16-13-21)19(2)11-14-29-20(3)30-22-7-5-6-8-22/h9-11,14,17,21-22,30H,3,5-8,12-13,15-16H2,1-2,4H3,(H,31,32)/b19-11+,29-14-. The van der Waals surface area contributed by atoms with Crippen molar-refractivity contribution >= 4 is 11.8 Å². The van der Waals surface area contributed by atoms with E-state index in [1.807, 2.05) is 25.1 Å². The Morgan fingerprint density at radius 3 is 2.67 bits per heavy atom. The van der Waals surface area contributed by atoms with Gasteiger partial charge in [-0.2, -0.15) is 5.10 Å². The van der Waals surface area contributed by atoms with Gasteiger partial charge in [0, 0.05) is 35.0 Å². The number of aryl methyl sites for hydroxylation is 1. The maximum absolute atomic E-state index is 14.9. The van der Waals surface area contributed by atoms with Gasteiger partial charge >= 0.3 is 0 Å². The second-order valence-electron chi connectivity index (χ2n) is 9.62. The number of rotatable bonds is 7. The first-order valence-electron chi connectivity index (χ1n) is 12.1. The molecule has 1 aliphatic heterocycles. The molecule has 0 bridgehead atoms. The van der Waals surface area contributed by atoms with E-state index in [2.05, 4.69) is 46.0 Å². The highest BCUT2D eigenvalue weighted by molar-refractivity contribution is 5.89. The molecular formula is C27H36FN5. The Balaban J connectivity index is 1.63. The highest BCUT2D eigenvalue weighted by atomic mass is 19.1. The molecule has 0 spiro atoms. The molecule has 1 aromatic heterocycles. The number of nitrogens with one attached hydrogen (secondary N) is 2. The fourth-order valence-electron chi connectivity index (χ4n) is 5.02. The smallest absolute Gasteiger partial charge is 0.132 e. The van der Waals surface area contributed by atoms with Crippen LogP contribution >= 0.6 is 0 Å². The van der Waals surface area contributed by atoms with Crippen molar-refractivity contribution in [2.45, 2.75) is 64.3 Å². The minimum Gasteiger partial charge on any atom is -0.368 e. The third kappa shape index (κ3) is 5.61. The lowest BCUT2D eigenvalue weighted by molar-refractivity contribution is 0.253. The molecule has 2 aliphatic rings. The molecule has 0 amide bonds. The van der Waals surface area contributed by atoms with Gasteiger partial charge in [-0.15, -0.1) is 0 Å². The lowest BCUT2D eigenvalue weighted by atomic mass is 9.87. The molecule has 176 valence electrons. The van der Waals surface area contributed by atoms with Gasteiger partial charge in [0.25, 0.3) is 0 Å². The molecule has 0 atom stereocenters. The Morgan fingerprint density at radius 2 is 1.97 bits per heavy atom. The number of hydrogen-bond acceptors (Lipinski definition) is 4. The number of halogens is 1. The molecule has 2 N–H and O–H groups in total. The Hall–Kier alpha value is -2.73. The van der Waals surface area contributed by atoms with Crippen LogP contribution in [0.15, 0.2) is 41.7 Å². The van der Waals surface area contributed by atoms with E-state index in [-0.39, 0.29) is 5.82 Å². The van der Waals surface area contributed by atoms with Crippen LogP contribution in [-0.2, 0) is 0 Å². The van der Waals surface area contributed by atoms with Crippen molar-refractivity contribution < 1.29 is 4.39 Å². The van der Waals surface area contributed by atoms with Gasteiger partial charge in [0.1, 0.15) is 17.3 Å². The normalized spacial score (nSPS) is 19.0. The second kappa shape index (κ2) is 10.5. The van der Waals surface area contributed by atoms with E-state index in [1.165, 1.54) is 25.7 Å². The summed E-state index contributed by atoms with van der Waals surface area (Å²) in [6.45, 7) is 10.1. The van der Waals surface area contributed by atoms with E-state index in [0.29, 0.717) is 29.0 Å². The van der Waals surface area contributed by atoms with Crippen LogP contribution in [0.1, 0.15) is 68.2 Å². The summed E-state index contributed by atoms with van der Waals surface area (Å²) in [5.41, 5.74) is 5.22. The third-order valence-corrected chi connectivity index (χ3v) is 6.98. The molecule has 1 aromatic carbocycles. The van der Waals surface area contributed by atoms with Crippen molar-refractivity contribution in [3.05, 3.63) is 59.3 Å². The monoisotopic (exact) mass is 449 g/mol. The third-order valence-electron chi connectivity index (χ3n) is 6.98. The van der Waals surface area contributed by atoms with Crippen LogP contribution in [0.25, 0.3) is 16.8 Å². The van der Waals surface area contributed by atoms with Crippen molar-refractivity contribution in [1.82, 2.24) is 20.4 Å². The number of likely N-dealkylation sites (tertiary alicyclic amines) is 1. The van der Waals surface area contributed by atoms with E-state index in [9.17, 15) is 4.39 Å². The number of aromatic amines is 1. The van der Waals surface area contributed by atoms with Gasteiger partial charge in [0.15, 0.2) is 0 Å². The zero-order valence-corrected chi connectivity index (χ0v) is 20.1. The number of hydrogen-bond donors (Lipinski definition) is 2. The zero-order chi connectivity index (χ0) is 23.4. The number of aliphatic imine (C=N–C) groups is 1. The predicted octanol–water partition coefficient (Wildman–Crippen LogP) is 5.81. The van der Waals surface area contributed by atoms with Crippen molar-refractivity contribution in [1.29, 1.82) is 0 Å². The minimum atomic E-state index is -0.242. The Kier molecular flexibility index (Phi) is 7.43. The molecule has 6 heteroatoms. The highest BCUT2D eigenvalue weighted by Gasteiger charge is 2.26. The summed E-state index contributed by atoms with van der Waals surface area (Å²) in [6.07, 6.45) is 10.8. The van der Waals surface area contributed by atoms with Gasteiger partial charge < -0.3 is 10.2 Å². The number of aromatic nitrogens is 2. The van der Waals surface area contributed by atoms with Crippen molar-refractivity contribution in [3.8, 4) is 11.3 Å². The van der Waals surface area contributed by atoms with E-state index in [1.54, 1.807) is 12.3 Å². The van der Waals surface area contributed by atoms with Crippen LogP contribution in [0.5, 0.6) is 0 Å². The number of piperidine rings is 1. The van der Waals surface area contributed by atoms with Crippen LogP contribution < -0.4 is 5.32 Å². The van der Waals surface area contributed by atoms with Gasteiger partial charge in [-0.25, -0.2) is 9.38 Å². The molecule has 1 aliphatic carbocycles. The van der Waals surface area contributed by atoms with Crippen molar-refractivity contribution in [3.63, 3.8) is 0 Å². The fourth-order valence-corrected chi connectivity index (χ4v) is 5.02. The van der Waals surface area contributed by atoms with Crippen LogP contribution in [0.4, 0.5) is 4.39 Å². The molecule has 2 heterocycles. The molecule has 0 radical (unpaired) electrons. The Morgan fingerprint density at radius 1 is 1.24 bits per heavy atom. The summed E-state index contributed by atoms with van der Waals surface area (Å²) in [6, 6.07) is 5.83. The first-order chi connectivity index (χ1) is 15.9. The largest absolute Gasteiger partial charge is 0.368 e. The molecular weight excluding hydrogens is 413 g/mol. The number of allylic oxidation sites excluding steroid dienone is 2. The summed E-state index contributed by atoms with van der Waals surface area (Å²) < 4.78 is 14.9. The summed E-state index contributed by atoms with van der Waals surface area (Å²) in [7, 11) is 2.16. The summed E-state index contributed by atoms with van der Waals surface area (Å²) in [4.78, 5) is 6.86. The fraction of sp³-hybridized carbons (Fsp3) is 0.481. The zero-order valence-electron chi connectivity index (χ0n) is 20.1. The first kappa shape index (κ1) is 23.4. The van der Waals surface area contributed by atoms with Gasteiger partial charge in [0.2, 0.25) is 0 Å². The first-order valence-corrected chi connectivity index (χ1v) is 12.1. The van der Waals surface area contributed by atoms with E-state index in [4.69, 9.17) is 0 Å². The SMILES string of the molecule is C=C(/N=C\C=C(/C)c1c(-c2ccc(C)cc2F)n[nH]c1C1CCN(C)CC1)NC1CCCC1. The van der Waals surface area contributed by atoms with Crippen molar-refractivity contribution in [2.24, 2.45) is 4.99 Å². The predicted molar refractivity (Wildman–Crippen MR) is 135 cm³/mol. The van der Waals surface area contributed by atoms with Crippen LogP contribution in [0.3, 0.4) is 0 Å². The summed E-state index contributed by atoms with van der Waals surface area (Å²) >= 11 is 0. The number of benzene rings is 1. The Bertz CT molecular complexity index is 1040. The number of nitrogens with zero attached hydrogens (tertiary/aromatic N) is 3. The topological polar surface area (TPSA) is 56.3 Å². The van der Waals surface area contributed by atoms with Gasteiger partial charge in [0.05, 0.1) is 0 Å². The Labute approximate surface area is 196 Å². The minimum absolute atomic E-state index is 0.242. The second-order valence-corrected chi connectivity index (χ2v) is 9.62. The lowest BCUT2D eigenvalue weighted by Crippen LogP contribution is -2.29. The molecule has 33 heavy (non-hydrogen) atoms. The van der Waals surface area contributed by atoms with Crippen LogP contribution in [0.2, 0.25) is 0 Å². The van der Waals surface area contributed by atoms with Gasteiger partial charge in [-0.05, 0) is 89.0 Å².